The van der Waals surface area contributed by atoms with Gasteiger partial charge in [-0.15, -0.1) is 0 Å². The van der Waals surface area contributed by atoms with Gasteiger partial charge in [-0.1, -0.05) is 42.1 Å². The lowest BCUT2D eigenvalue weighted by Gasteiger charge is -2.35. The minimum atomic E-state index is -0.474. The molecule has 2 aliphatic heterocycles. The first kappa shape index (κ1) is 15.8. The second-order valence-corrected chi connectivity index (χ2v) is 6.85. The van der Waals surface area contributed by atoms with Crippen molar-refractivity contribution in [3.63, 3.8) is 0 Å². The maximum Gasteiger partial charge on any atom is 0.356 e. The predicted octanol–water partition coefficient (Wildman–Crippen LogP) is 2.53. The minimum Gasteiger partial charge on any atom is -0.456 e. The summed E-state index contributed by atoms with van der Waals surface area (Å²) < 4.78 is 5.44. The Bertz CT molecular complexity index is 839. The van der Waals surface area contributed by atoms with Crippen molar-refractivity contribution in [2.75, 3.05) is 0 Å². The predicted molar refractivity (Wildman–Crippen MR) is 91.0 cm³/mol. The van der Waals surface area contributed by atoms with E-state index in [2.05, 4.69) is 9.97 Å². The van der Waals surface area contributed by atoms with Crippen molar-refractivity contribution in [1.29, 1.82) is 0 Å². The van der Waals surface area contributed by atoms with E-state index in [0.29, 0.717) is 23.7 Å². The molecule has 1 unspecified atom stereocenters. The first-order chi connectivity index (χ1) is 12.2. The normalized spacial score (nSPS) is 18.8. The Balaban J connectivity index is 1.54. The van der Waals surface area contributed by atoms with Crippen LogP contribution in [0.5, 0.6) is 0 Å². The highest BCUT2D eigenvalue weighted by molar-refractivity contribution is 8.03. The number of fused-ring (bicyclic) bond motifs is 1. The van der Waals surface area contributed by atoms with Crippen molar-refractivity contribution in [3.8, 4) is 0 Å². The number of ether oxygens (including phenoxy) is 1. The summed E-state index contributed by atoms with van der Waals surface area (Å²) in [5.41, 5.74) is 1.25. The number of thioether (sulfide) groups is 1. The lowest BCUT2D eigenvalue weighted by Crippen LogP contribution is -2.49. The van der Waals surface area contributed by atoms with Gasteiger partial charge in [0.1, 0.15) is 12.3 Å². The molecule has 1 amide bonds. The number of hydrogen-bond acceptors (Lipinski definition) is 6. The molecule has 2 aliphatic rings. The fourth-order valence-corrected chi connectivity index (χ4v) is 3.94. The van der Waals surface area contributed by atoms with Gasteiger partial charge in [-0.25, -0.2) is 14.8 Å². The third-order valence-electron chi connectivity index (χ3n) is 4.13. The van der Waals surface area contributed by atoms with Crippen LogP contribution < -0.4 is 0 Å². The highest BCUT2D eigenvalue weighted by Gasteiger charge is 2.48. The van der Waals surface area contributed by atoms with E-state index in [1.165, 1.54) is 11.8 Å². The molecule has 2 aromatic rings. The maximum atomic E-state index is 12.6. The molecule has 1 aromatic heterocycles. The molecule has 0 spiro atoms. The van der Waals surface area contributed by atoms with Gasteiger partial charge < -0.3 is 9.64 Å². The van der Waals surface area contributed by atoms with E-state index in [9.17, 15) is 9.59 Å². The molecule has 25 heavy (non-hydrogen) atoms. The zero-order valence-corrected chi connectivity index (χ0v) is 14.1. The van der Waals surface area contributed by atoms with Crippen LogP contribution in [0, 0.1) is 0 Å². The molecule has 1 fully saturated rings. The third kappa shape index (κ3) is 3.15. The Labute approximate surface area is 148 Å². The second kappa shape index (κ2) is 6.68. The highest BCUT2D eigenvalue weighted by Crippen LogP contribution is 2.44. The van der Waals surface area contributed by atoms with Gasteiger partial charge in [-0.05, 0) is 11.6 Å². The SMILES string of the molecule is O=C(OCc1ccccc1)C1=C(Sc2ncccn2)CC2CC(=O)N12. The fourth-order valence-electron chi connectivity index (χ4n) is 2.94. The van der Waals surface area contributed by atoms with Crippen LogP contribution in [-0.4, -0.2) is 32.8 Å². The zero-order chi connectivity index (χ0) is 17.2. The number of amides is 1. The number of aromatic nitrogens is 2. The second-order valence-electron chi connectivity index (χ2n) is 5.79. The van der Waals surface area contributed by atoms with Crippen molar-refractivity contribution in [2.45, 2.75) is 30.6 Å². The first-order valence-electron chi connectivity index (χ1n) is 7.93. The molecule has 0 bridgehead atoms. The summed E-state index contributed by atoms with van der Waals surface area (Å²) in [7, 11) is 0. The molecule has 1 saturated heterocycles. The van der Waals surface area contributed by atoms with E-state index in [4.69, 9.17) is 4.74 Å². The molecular weight excluding hydrogens is 338 g/mol. The van der Waals surface area contributed by atoms with Gasteiger partial charge in [0.25, 0.3) is 0 Å². The van der Waals surface area contributed by atoms with Gasteiger partial charge in [0.05, 0.1) is 6.04 Å². The number of rotatable bonds is 5. The molecular formula is C18H15N3O3S. The summed E-state index contributed by atoms with van der Waals surface area (Å²) in [5, 5.41) is 0.556. The van der Waals surface area contributed by atoms with Crippen LogP contribution in [0.25, 0.3) is 0 Å². The van der Waals surface area contributed by atoms with E-state index in [-0.39, 0.29) is 18.6 Å². The third-order valence-corrected chi connectivity index (χ3v) is 5.13. The Morgan fingerprint density at radius 3 is 2.64 bits per heavy atom. The molecule has 1 aromatic carbocycles. The zero-order valence-electron chi connectivity index (χ0n) is 13.3. The van der Waals surface area contributed by atoms with Gasteiger partial charge in [-0.2, -0.15) is 0 Å². The van der Waals surface area contributed by atoms with Gasteiger partial charge in [0, 0.05) is 30.1 Å². The number of hydrogen-bond donors (Lipinski definition) is 0. The van der Waals surface area contributed by atoms with Crippen molar-refractivity contribution in [2.24, 2.45) is 0 Å². The number of carbonyl (C=O) groups is 2. The van der Waals surface area contributed by atoms with Crippen LogP contribution in [0.3, 0.4) is 0 Å². The number of β-lactam (4-membered cyclic amide) rings is 1. The van der Waals surface area contributed by atoms with Crippen LogP contribution in [0.4, 0.5) is 0 Å². The monoisotopic (exact) mass is 353 g/mol. The average molecular weight is 353 g/mol. The van der Waals surface area contributed by atoms with E-state index in [1.54, 1.807) is 23.4 Å². The Morgan fingerprint density at radius 2 is 1.92 bits per heavy atom. The van der Waals surface area contributed by atoms with Gasteiger partial charge in [-0.3, -0.25) is 4.79 Å². The average Bonchev–Trinajstić information content (AvgIpc) is 2.93. The first-order valence-corrected chi connectivity index (χ1v) is 8.75. The Morgan fingerprint density at radius 1 is 1.16 bits per heavy atom. The molecule has 1 atom stereocenters. The molecule has 3 heterocycles. The lowest BCUT2D eigenvalue weighted by molar-refractivity contribution is -0.150. The molecule has 126 valence electrons. The van der Waals surface area contributed by atoms with Crippen LogP contribution in [-0.2, 0) is 20.9 Å². The number of benzene rings is 1. The summed E-state index contributed by atoms with van der Waals surface area (Å²) in [6.07, 6.45) is 4.41. The summed E-state index contributed by atoms with van der Waals surface area (Å²) in [6.45, 7) is 0.176. The van der Waals surface area contributed by atoms with Crippen molar-refractivity contribution < 1.29 is 14.3 Å². The van der Waals surface area contributed by atoms with E-state index >= 15 is 0 Å². The number of carbonyl (C=O) groups excluding carboxylic acids is 2. The summed E-state index contributed by atoms with van der Waals surface area (Å²) in [4.78, 5) is 35.3. The molecule has 4 rings (SSSR count). The maximum absolute atomic E-state index is 12.6. The summed E-state index contributed by atoms with van der Waals surface area (Å²) in [5.74, 6) is -0.515. The summed E-state index contributed by atoms with van der Waals surface area (Å²) in [6, 6.07) is 11.3. The van der Waals surface area contributed by atoms with Crippen molar-refractivity contribution >= 4 is 23.6 Å². The molecule has 0 aliphatic carbocycles. The molecule has 7 heteroatoms. The number of nitrogens with zero attached hydrogens (tertiary/aromatic N) is 3. The molecule has 6 nitrogen and oxygen atoms in total. The van der Waals surface area contributed by atoms with Crippen LogP contribution >= 0.6 is 11.8 Å². The van der Waals surface area contributed by atoms with Crippen LogP contribution in [0.1, 0.15) is 18.4 Å². The summed E-state index contributed by atoms with van der Waals surface area (Å²) >= 11 is 1.32. The fraction of sp³-hybridized carbons (Fsp3) is 0.222. The van der Waals surface area contributed by atoms with Crippen LogP contribution in [0.2, 0.25) is 0 Å². The minimum absolute atomic E-state index is 0.0405. The molecule has 0 N–H and O–H groups in total. The van der Waals surface area contributed by atoms with Crippen molar-refractivity contribution in [3.05, 3.63) is 65.0 Å². The molecule has 0 saturated carbocycles. The Kier molecular flexibility index (Phi) is 4.23. The largest absolute Gasteiger partial charge is 0.456 e. The highest BCUT2D eigenvalue weighted by atomic mass is 32.2. The lowest BCUT2D eigenvalue weighted by atomic mass is 10.0. The Hall–Kier alpha value is -2.67. The quantitative estimate of drug-likeness (QED) is 0.467. The van der Waals surface area contributed by atoms with Gasteiger partial charge in [0.15, 0.2) is 5.16 Å². The smallest absolute Gasteiger partial charge is 0.356 e. The van der Waals surface area contributed by atoms with Gasteiger partial charge >= 0.3 is 5.97 Å². The standard InChI is InChI=1S/C18H15N3O3S/c22-15-10-13-9-14(25-18-19-7-4-8-20-18)16(21(13)15)17(23)24-11-12-5-2-1-3-6-12/h1-8,13H,9-11H2. The van der Waals surface area contributed by atoms with Crippen LogP contribution in [0.15, 0.2) is 64.6 Å². The van der Waals surface area contributed by atoms with E-state index < -0.39 is 5.97 Å². The molecule has 0 radical (unpaired) electrons. The van der Waals surface area contributed by atoms with E-state index in [0.717, 1.165) is 10.5 Å². The van der Waals surface area contributed by atoms with Gasteiger partial charge in [0.2, 0.25) is 5.91 Å². The topological polar surface area (TPSA) is 72.4 Å². The van der Waals surface area contributed by atoms with Crippen molar-refractivity contribution in [1.82, 2.24) is 14.9 Å². The number of esters is 1. The van der Waals surface area contributed by atoms with E-state index in [1.807, 2.05) is 30.3 Å².